The number of nitrogens with zero attached hydrogens (tertiary/aromatic N) is 3. The van der Waals surface area contributed by atoms with E-state index in [1.54, 1.807) is 6.33 Å². The number of fused-ring (bicyclic) bond motifs is 1. The molecule has 0 saturated heterocycles. The molecule has 1 aliphatic carbocycles. The maximum absolute atomic E-state index is 6.43. The van der Waals surface area contributed by atoms with E-state index in [2.05, 4.69) is 20.1 Å². The van der Waals surface area contributed by atoms with E-state index >= 15 is 0 Å². The Balaban J connectivity index is 1.36. The summed E-state index contributed by atoms with van der Waals surface area (Å²) in [5.41, 5.74) is 17.6. The number of nitrogens with one attached hydrogen (secondary N) is 1. The fourth-order valence-corrected chi connectivity index (χ4v) is 3.28. The van der Waals surface area contributed by atoms with Crippen LogP contribution in [0.15, 0.2) is 53.3 Å². The van der Waals surface area contributed by atoms with E-state index in [-0.39, 0.29) is 12.1 Å². The number of H-pyrrole nitrogens is 1. The average Bonchev–Trinajstić information content (AvgIpc) is 3.25. The van der Waals surface area contributed by atoms with Crippen molar-refractivity contribution in [3.8, 4) is 11.4 Å². The highest BCUT2D eigenvalue weighted by molar-refractivity contribution is 5.75. The van der Waals surface area contributed by atoms with Crippen molar-refractivity contribution in [1.29, 1.82) is 0 Å². The molecule has 1 saturated carbocycles. The van der Waals surface area contributed by atoms with Gasteiger partial charge in [0.1, 0.15) is 0 Å². The van der Waals surface area contributed by atoms with Crippen LogP contribution in [0.2, 0.25) is 0 Å². The molecule has 4 aromatic rings. The van der Waals surface area contributed by atoms with Gasteiger partial charge in [-0.15, -0.1) is 0 Å². The molecule has 0 amide bonds. The van der Waals surface area contributed by atoms with Crippen molar-refractivity contribution in [3.05, 3.63) is 65.8 Å². The van der Waals surface area contributed by atoms with Crippen LogP contribution in [0.3, 0.4) is 0 Å². The molecule has 7 heteroatoms. The van der Waals surface area contributed by atoms with Gasteiger partial charge in [0.15, 0.2) is 0 Å². The Morgan fingerprint density at radius 3 is 2.52 bits per heavy atom. The van der Waals surface area contributed by atoms with Gasteiger partial charge >= 0.3 is 0 Å². The van der Waals surface area contributed by atoms with Crippen molar-refractivity contribution in [3.63, 3.8) is 0 Å². The summed E-state index contributed by atoms with van der Waals surface area (Å²) in [6.07, 6.45) is 3.94. The summed E-state index contributed by atoms with van der Waals surface area (Å²) in [5, 5.41) is 4.08. The van der Waals surface area contributed by atoms with E-state index in [1.165, 1.54) is 0 Å². The Morgan fingerprint density at radius 2 is 1.74 bits per heavy atom. The Morgan fingerprint density at radius 1 is 1.00 bits per heavy atom. The summed E-state index contributed by atoms with van der Waals surface area (Å²) in [7, 11) is 0. The molecule has 0 aliphatic heterocycles. The topological polar surface area (TPSA) is 120 Å². The minimum Gasteiger partial charge on any atom is -0.345 e. The van der Waals surface area contributed by atoms with Gasteiger partial charge in [-0.25, -0.2) is 4.98 Å². The van der Waals surface area contributed by atoms with Gasteiger partial charge in [-0.2, -0.15) is 4.98 Å². The number of aromatic nitrogens is 4. The van der Waals surface area contributed by atoms with E-state index in [4.69, 9.17) is 16.0 Å². The minimum absolute atomic E-state index is 0.324. The third-order valence-electron chi connectivity index (χ3n) is 5.14. The standard InChI is InChI=1S/C20H20N6O/c21-17(18(22)14-7-8-15-16(9-14)24-10-23-15)11-1-3-12(4-2-11)19-25-20(27-26-19)13-5-6-13/h1-4,7-10,13,17-18H,5-6,21-22H2,(H,23,24). The Labute approximate surface area is 155 Å². The molecular weight excluding hydrogens is 340 g/mol. The summed E-state index contributed by atoms with van der Waals surface area (Å²) in [5.74, 6) is 1.80. The third-order valence-corrected chi connectivity index (χ3v) is 5.14. The predicted molar refractivity (Wildman–Crippen MR) is 102 cm³/mol. The van der Waals surface area contributed by atoms with Crippen molar-refractivity contribution in [2.75, 3.05) is 0 Å². The maximum Gasteiger partial charge on any atom is 0.230 e. The van der Waals surface area contributed by atoms with Crippen LogP contribution < -0.4 is 11.5 Å². The van der Waals surface area contributed by atoms with Crippen LogP contribution in [0.4, 0.5) is 0 Å². The lowest BCUT2D eigenvalue weighted by atomic mass is 9.94. The SMILES string of the molecule is NC(c1ccc(-c2noc(C3CC3)n2)cc1)C(N)c1ccc2nc[nH]c2c1. The molecule has 27 heavy (non-hydrogen) atoms. The lowest BCUT2D eigenvalue weighted by Gasteiger charge is -2.21. The summed E-state index contributed by atoms with van der Waals surface area (Å²) in [6, 6.07) is 13.1. The average molecular weight is 360 g/mol. The van der Waals surface area contributed by atoms with Crippen LogP contribution in [0.1, 0.15) is 47.9 Å². The van der Waals surface area contributed by atoms with Crippen LogP contribution in [-0.4, -0.2) is 20.1 Å². The number of hydrogen-bond acceptors (Lipinski definition) is 6. The fraction of sp³-hybridized carbons (Fsp3) is 0.250. The number of hydrogen-bond donors (Lipinski definition) is 3. The molecule has 1 aliphatic rings. The summed E-state index contributed by atoms with van der Waals surface area (Å²) >= 11 is 0. The molecule has 2 unspecified atom stereocenters. The highest BCUT2D eigenvalue weighted by atomic mass is 16.5. The van der Waals surface area contributed by atoms with Crippen molar-refractivity contribution >= 4 is 11.0 Å². The minimum atomic E-state index is -0.327. The molecule has 2 aromatic heterocycles. The summed E-state index contributed by atoms with van der Waals surface area (Å²) in [6.45, 7) is 0. The van der Waals surface area contributed by atoms with Gasteiger partial charge in [0.25, 0.3) is 0 Å². The number of aromatic amines is 1. The second-order valence-electron chi connectivity index (χ2n) is 7.08. The van der Waals surface area contributed by atoms with E-state index in [9.17, 15) is 0 Å². The van der Waals surface area contributed by atoms with E-state index in [0.29, 0.717) is 11.7 Å². The smallest absolute Gasteiger partial charge is 0.230 e. The molecule has 7 nitrogen and oxygen atoms in total. The first kappa shape index (κ1) is 16.2. The molecule has 0 radical (unpaired) electrons. The molecular formula is C20H20N6O. The van der Waals surface area contributed by atoms with Gasteiger partial charge in [0.05, 0.1) is 17.4 Å². The first-order chi connectivity index (χ1) is 13.2. The number of benzene rings is 2. The van der Waals surface area contributed by atoms with Crippen molar-refractivity contribution < 1.29 is 4.52 Å². The van der Waals surface area contributed by atoms with Crippen LogP contribution in [0.25, 0.3) is 22.4 Å². The molecule has 5 N–H and O–H groups in total. The van der Waals surface area contributed by atoms with Gasteiger partial charge < -0.3 is 21.0 Å². The van der Waals surface area contributed by atoms with Crippen molar-refractivity contribution in [1.82, 2.24) is 20.1 Å². The molecule has 0 spiro atoms. The van der Waals surface area contributed by atoms with E-state index in [1.807, 2.05) is 42.5 Å². The first-order valence-corrected chi connectivity index (χ1v) is 9.07. The number of imidazole rings is 1. The second kappa shape index (κ2) is 6.29. The van der Waals surface area contributed by atoms with Crippen molar-refractivity contribution in [2.24, 2.45) is 11.5 Å². The molecule has 2 aromatic carbocycles. The molecule has 0 bridgehead atoms. The lowest BCUT2D eigenvalue weighted by molar-refractivity contribution is 0.380. The second-order valence-corrected chi connectivity index (χ2v) is 7.08. The molecule has 1 fully saturated rings. The summed E-state index contributed by atoms with van der Waals surface area (Å²) < 4.78 is 5.33. The zero-order valence-corrected chi connectivity index (χ0v) is 14.7. The molecule has 2 heterocycles. The Kier molecular flexibility index (Phi) is 3.77. The largest absolute Gasteiger partial charge is 0.345 e. The third kappa shape index (κ3) is 3.01. The fourth-order valence-electron chi connectivity index (χ4n) is 3.28. The van der Waals surface area contributed by atoms with Gasteiger partial charge in [-0.3, -0.25) is 0 Å². The number of nitrogens with two attached hydrogens (primary N) is 2. The maximum atomic E-state index is 6.43. The zero-order chi connectivity index (χ0) is 18.4. The zero-order valence-electron chi connectivity index (χ0n) is 14.7. The molecule has 136 valence electrons. The number of rotatable bonds is 5. The highest BCUT2D eigenvalue weighted by Crippen LogP contribution is 2.39. The molecule has 2 atom stereocenters. The Hall–Kier alpha value is -3.03. The van der Waals surface area contributed by atoms with Gasteiger partial charge in [-0.1, -0.05) is 35.5 Å². The van der Waals surface area contributed by atoms with Crippen LogP contribution in [0.5, 0.6) is 0 Å². The van der Waals surface area contributed by atoms with E-state index in [0.717, 1.165) is 46.5 Å². The normalized spacial score (nSPS) is 16.5. The summed E-state index contributed by atoms with van der Waals surface area (Å²) in [4.78, 5) is 11.8. The van der Waals surface area contributed by atoms with Gasteiger partial charge in [0.2, 0.25) is 11.7 Å². The van der Waals surface area contributed by atoms with Crippen LogP contribution in [0, 0.1) is 0 Å². The predicted octanol–water partition coefficient (Wildman–Crippen LogP) is 3.19. The Bertz CT molecular complexity index is 1080. The van der Waals surface area contributed by atoms with Crippen LogP contribution in [-0.2, 0) is 0 Å². The van der Waals surface area contributed by atoms with Crippen molar-refractivity contribution in [2.45, 2.75) is 30.8 Å². The quantitative estimate of drug-likeness (QED) is 0.503. The lowest BCUT2D eigenvalue weighted by Crippen LogP contribution is -2.26. The van der Waals surface area contributed by atoms with Crippen LogP contribution >= 0.6 is 0 Å². The van der Waals surface area contributed by atoms with Gasteiger partial charge in [0, 0.05) is 23.6 Å². The molecule has 5 rings (SSSR count). The first-order valence-electron chi connectivity index (χ1n) is 9.07. The van der Waals surface area contributed by atoms with E-state index < -0.39 is 0 Å². The van der Waals surface area contributed by atoms with Gasteiger partial charge in [-0.05, 0) is 36.1 Å². The monoisotopic (exact) mass is 360 g/mol. The highest BCUT2D eigenvalue weighted by Gasteiger charge is 2.29.